The molecule has 3 heterocycles. The molecule has 33 heavy (non-hydrogen) atoms. The zero-order chi connectivity index (χ0) is 22.4. The van der Waals surface area contributed by atoms with E-state index >= 15 is 0 Å². The Balaban J connectivity index is 1.28. The average Bonchev–Trinajstić information content (AvgIpc) is 3.60. The number of carbonyl (C=O) groups excluding carboxylic acids is 1. The Morgan fingerprint density at radius 1 is 1.09 bits per heavy atom. The van der Waals surface area contributed by atoms with Gasteiger partial charge in [0, 0.05) is 28.7 Å². The molecular weight excluding hydrogens is 456 g/mol. The maximum absolute atomic E-state index is 13.0. The van der Waals surface area contributed by atoms with Gasteiger partial charge in [0.15, 0.2) is 0 Å². The maximum Gasteiger partial charge on any atom is 0.258 e. The quantitative estimate of drug-likeness (QED) is 0.351. The minimum Gasteiger partial charge on any atom is -0.329 e. The molecule has 2 aromatic heterocycles. The second kappa shape index (κ2) is 7.99. The molecule has 0 saturated heterocycles. The molecule has 0 radical (unpaired) electrons. The monoisotopic (exact) mass is 472 g/mol. The third-order valence-electron chi connectivity index (χ3n) is 5.72. The van der Waals surface area contributed by atoms with Crippen LogP contribution >= 0.6 is 22.9 Å². The van der Waals surface area contributed by atoms with E-state index in [2.05, 4.69) is 31.8 Å². The number of anilines is 3. The van der Waals surface area contributed by atoms with E-state index in [0.29, 0.717) is 22.3 Å². The van der Waals surface area contributed by atoms with Gasteiger partial charge in [0.25, 0.3) is 5.91 Å². The second-order valence-corrected chi connectivity index (χ2v) is 9.07. The first kappa shape index (κ1) is 19.9. The number of aromatic nitrogens is 4. The molecule has 0 bridgehead atoms. The van der Waals surface area contributed by atoms with Crippen LogP contribution in [0.15, 0.2) is 66.9 Å². The number of hydrogen-bond acceptors (Lipinski definition) is 6. The molecule has 0 spiro atoms. The van der Waals surface area contributed by atoms with Crippen LogP contribution in [0.2, 0.25) is 5.02 Å². The molecule has 0 fully saturated rings. The van der Waals surface area contributed by atoms with Crippen LogP contribution in [0.25, 0.3) is 21.5 Å². The fourth-order valence-corrected chi connectivity index (χ4v) is 5.06. The molecule has 0 aliphatic carbocycles. The van der Waals surface area contributed by atoms with Crippen molar-refractivity contribution >= 4 is 56.3 Å². The number of aromatic amines is 1. The van der Waals surface area contributed by atoms with Gasteiger partial charge >= 0.3 is 0 Å². The van der Waals surface area contributed by atoms with Crippen LogP contribution in [-0.4, -0.2) is 32.8 Å². The van der Waals surface area contributed by atoms with Crippen LogP contribution in [0.4, 0.5) is 16.5 Å². The fourth-order valence-electron chi connectivity index (χ4n) is 4.04. The maximum atomic E-state index is 13.0. The molecule has 1 aliphatic heterocycles. The summed E-state index contributed by atoms with van der Waals surface area (Å²) in [6.07, 6.45) is 2.54. The number of halogens is 1. The molecule has 7 nitrogen and oxygen atoms in total. The molecule has 1 amide bonds. The van der Waals surface area contributed by atoms with E-state index in [0.717, 1.165) is 44.8 Å². The zero-order valence-corrected chi connectivity index (χ0v) is 18.8. The number of nitrogens with zero attached hydrogens (tertiary/aromatic N) is 4. The Hall–Kier alpha value is -3.75. The molecule has 0 atom stereocenters. The van der Waals surface area contributed by atoms with Crippen LogP contribution in [0, 0.1) is 0 Å². The largest absolute Gasteiger partial charge is 0.329 e. The summed E-state index contributed by atoms with van der Waals surface area (Å²) in [5.74, 6) is 0.00963. The highest BCUT2D eigenvalue weighted by molar-refractivity contribution is 7.18. The fraction of sp³-hybridized carbons (Fsp3) is 0.0833. The number of benzene rings is 3. The van der Waals surface area contributed by atoms with Crippen molar-refractivity contribution in [1.82, 2.24) is 20.4 Å². The summed E-state index contributed by atoms with van der Waals surface area (Å²) in [6, 6.07) is 19.3. The number of amides is 1. The molecular formula is C24H17ClN6OS. The van der Waals surface area contributed by atoms with Crippen molar-refractivity contribution in [2.75, 3.05) is 16.8 Å². The Bertz CT molecular complexity index is 1500. The number of fused-ring (bicyclic) bond motifs is 2. The van der Waals surface area contributed by atoms with Crippen LogP contribution < -0.4 is 10.2 Å². The second-order valence-electron chi connectivity index (χ2n) is 7.71. The zero-order valence-electron chi connectivity index (χ0n) is 17.2. The Kier molecular flexibility index (Phi) is 4.82. The minimum atomic E-state index is 0.00963. The van der Waals surface area contributed by atoms with E-state index in [9.17, 15) is 4.79 Å². The van der Waals surface area contributed by atoms with E-state index in [1.165, 1.54) is 11.3 Å². The van der Waals surface area contributed by atoms with Gasteiger partial charge in [0.1, 0.15) is 5.01 Å². The van der Waals surface area contributed by atoms with Crippen molar-refractivity contribution < 1.29 is 4.79 Å². The topological polar surface area (TPSA) is 86.8 Å². The minimum absolute atomic E-state index is 0.00963. The van der Waals surface area contributed by atoms with Gasteiger partial charge in [0.05, 0.1) is 22.4 Å². The molecule has 3 aromatic carbocycles. The number of H-pyrrole nitrogens is 1. The SMILES string of the molecule is O=C(c1ccccc1)N1CCc2ccc(-c3nnc(Nc4ccc5[nH]ncc5c4Cl)s3)cc21. The summed E-state index contributed by atoms with van der Waals surface area (Å²) in [5, 5.41) is 21.6. The Morgan fingerprint density at radius 2 is 1.97 bits per heavy atom. The highest BCUT2D eigenvalue weighted by Crippen LogP contribution is 2.37. The van der Waals surface area contributed by atoms with Crippen LogP contribution in [0.3, 0.4) is 0 Å². The van der Waals surface area contributed by atoms with Crippen molar-refractivity contribution in [2.45, 2.75) is 6.42 Å². The summed E-state index contributed by atoms with van der Waals surface area (Å²) in [7, 11) is 0. The Labute approximate surface area is 198 Å². The van der Waals surface area contributed by atoms with E-state index in [-0.39, 0.29) is 5.91 Å². The third-order valence-corrected chi connectivity index (χ3v) is 7.01. The van der Waals surface area contributed by atoms with E-state index in [1.807, 2.05) is 59.5 Å². The third kappa shape index (κ3) is 3.53. The molecule has 6 rings (SSSR count). The first-order valence-corrected chi connectivity index (χ1v) is 11.6. The molecule has 0 saturated carbocycles. The van der Waals surface area contributed by atoms with Crippen molar-refractivity contribution in [3.8, 4) is 10.6 Å². The summed E-state index contributed by atoms with van der Waals surface area (Å²) in [6.45, 7) is 0.671. The summed E-state index contributed by atoms with van der Waals surface area (Å²) in [4.78, 5) is 14.9. The highest BCUT2D eigenvalue weighted by atomic mass is 35.5. The molecule has 5 aromatic rings. The van der Waals surface area contributed by atoms with Gasteiger partial charge in [-0.1, -0.05) is 53.3 Å². The molecule has 0 unspecified atom stereocenters. The molecule has 1 aliphatic rings. The van der Waals surface area contributed by atoms with Gasteiger partial charge in [-0.15, -0.1) is 10.2 Å². The van der Waals surface area contributed by atoms with Crippen molar-refractivity contribution in [2.24, 2.45) is 0 Å². The molecule has 2 N–H and O–H groups in total. The van der Waals surface area contributed by atoms with Gasteiger partial charge in [-0.2, -0.15) is 5.10 Å². The van der Waals surface area contributed by atoms with E-state index < -0.39 is 0 Å². The van der Waals surface area contributed by atoms with Crippen molar-refractivity contribution in [3.63, 3.8) is 0 Å². The first-order chi connectivity index (χ1) is 16.2. The van der Waals surface area contributed by atoms with Gasteiger partial charge < -0.3 is 10.2 Å². The lowest BCUT2D eigenvalue weighted by atomic mass is 10.1. The first-order valence-electron chi connectivity index (χ1n) is 10.4. The standard InChI is InChI=1S/C24H17ClN6OS/c25-21-17-13-26-28-18(17)8-9-19(21)27-24-30-29-22(33-24)16-7-6-14-10-11-31(20(14)12-16)23(32)15-4-2-1-3-5-15/h1-9,12-13H,10-11H2,(H,26,28)(H,27,30). The van der Waals surface area contributed by atoms with Gasteiger partial charge in [0.2, 0.25) is 5.13 Å². The summed E-state index contributed by atoms with van der Waals surface area (Å²) < 4.78 is 0. The van der Waals surface area contributed by atoms with Gasteiger partial charge in [-0.3, -0.25) is 9.89 Å². The molecule has 9 heteroatoms. The van der Waals surface area contributed by atoms with Gasteiger partial charge in [-0.05, 0) is 42.3 Å². The van der Waals surface area contributed by atoms with E-state index in [1.54, 1.807) is 6.20 Å². The lowest BCUT2D eigenvalue weighted by molar-refractivity contribution is 0.0989. The predicted molar refractivity (Wildman–Crippen MR) is 132 cm³/mol. The number of carbonyl (C=O) groups is 1. The molecule has 162 valence electrons. The van der Waals surface area contributed by atoms with Gasteiger partial charge in [-0.25, -0.2) is 0 Å². The predicted octanol–water partition coefficient (Wildman–Crippen LogP) is 5.68. The summed E-state index contributed by atoms with van der Waals surface area (Å²) in [5.41, 5.74) is 5.30. The van der Waals surface area contributed by atoms with Crippen LogP contribution in [0.1, 0.15) is 15.9 Å². The number of hydrogen-bond donors (Lipinski definition) is 2. The van der Waals surface area contributed by atoms with Crippen molar-refractivity contribution in [1.29, 1.82) is 0 Å². The van der Waals surface area contributed by atoms with Crippen LogP contribution in [0.5, 0.6) is 0 Å². The number of rotatable bonds is 4. The highest BCUT2D eigenvalue weighted by Gasteiger charge is 2.26. The normalized spacial score (nSPS) is 12.8. The lowest BCUT2D eigenvalue weighted by Crippen LogP contribution is -2.28. The van der Waals surface area contributed by atoms with Crippen molar-refractivity contribution in [3.05, 3.63) is 83.0 Å². The number of nitrogens with one attached hydrogen (secondary N) is 2. The van der Waals surface area contributed by atoms with Crippen LogP contribution in [-0.2, 0) is 6.42 Å². The lowest BCUT2D eigenvalue weighted by Gasteiger charge is -2.18. The smallest absolute Gasteiger partial charge is 0.258 e. The Morgan fingerprint density at radius 3 is 2.85 bits per heavy atom. The van der Waals surface area contributed by atoms with E-state index in [4.69, 9.17) is 11.6 Å². The average molecular weight is 473 g/mol. The summed E-state index contributed by atoms with van der Waals surface area (Å²) >= 11 is 7.94.